The van der Waals surface area contributed by atoms with Crippen molar-refractivity contribution < 1.29 is 6.22 Å². The fourth-order valence-corrected chi connectivity index (χ4v) is 2.18. The third kappa shape index (κ3) is 6.02. The Labute approximate surface area is 155 Å². The molecule has 2 aromatic carbocycles. The molecule has 136 valence electrons. The lowest BCUT2D eigenvalue weighted by atomic mass is 10.1. The van der Waals surface area contributed by atoms with Crippen molar-refractivity contribution in [2.75, 3.05) is 5.32 Å². The number of carbonyl (C=O) groups excluding carboxylic acids is 1. The van der Waals surface area contributed by atoms with Crippen molar-refractivity contribution in [1.82, 2.24) is 14.8 Å². The van der Waals surface area contributed by atoms with Crippen LogP contribution in [0.4, 0.5) is 5.69 Å². The van der Waals surface area contributed by atoms with Crippen LogP contribution in [-0.4, -0.2) is 20.7 Å². The Bertz CT molecular complexity index is 839. The summed E-state index contributed by atoms with van der Waals surface area (Å²) in [6.07, 6.45) is 7.18. The number of nitrogens with zero attached hydrogens (tertiary/aromatic N) is 3. The van der Waals surface area contributed by atoms with Crippen LogP contribution >= 0.6 is 0 Å². The lowest BCUT2D eigenvalue weighted by molar-refractivity contribution is 0.102. The highest BCUT2D eigenvalue weighted by atomic mass is 16.1. The quantitative estimate of drug-likeness (QED) is 0.693. The zero-order valence-corrected chi connectivity index (χ0v) is 15.4. The predicted octanol–water partition coefficient (Wildman–Crippen LogP) is 4.72. The van der Waals surface area contributed by atoms with Gasteiger partial charge in [-0.25, -0.2) is 9.67 Å². The minimum Gasteiger partial charge on any atom is -0.322 e. The summed E-state index contributed by atoms with van der Waals surface area (Å²) in [6, 6.07) is 15.2. The monoisotopic (exact) mass is 350 g/mol. The van der Waals surface area contributed by atoms with Crippen molar-refractivity contribution in [2.45, 2.75) is 27.3 Å². The Morgan fingerprint density at radius 3 is 2.46 bits per heavy atom. The van der Waals surface area contributed by atoms with Crippen molar-refractivity contribution in [3.8, 4) is 0 Å². The molecule has 3 aromatic rings. The zero-order valence-electron chi connectivity index (χ0n) is 15.4. The largest absolute Gasteiger partial charge is 0.322 e. The molecule has 3 rings (SSSR count). The topological polar surface area (TPSA) is 59.8 Å². The van der Waals surface area contributed by atoms with Crippen LogP contribution in [-0.2, 0) is 6.54 Å². The maximum absolute atomic E-state index is 12.2. The smallest absolute Gasteiger partial charge is 0.255 e. The molecule has 5 nitrogen and oxygen atoms in total. The van der Waals surface area contributed by atoms with Gasteiger partial charge in [-0.1, -0.05) is 42.0 Å². The van der Waals surface area contributed by atoms with Gasteiger partial charge >= 0.3 is 0 Å². The van der Waals surface area contributed by atoms with E-state index in [2.05, 4.69) is 15.4 Å². The lowest BCUT2D eigenvalue weighted by Gasteiger charge is -2.07. The molecule has 1 heterocycles. The second kappa shape index (κ2) is 9.93. The molecule has 1 amide bonds. The van der Waals surface area contributed by atoms with Gasteiger partial charge in [0.25, 0.3) is 5.91 Å². The Hall–Kier alpha value is -3.21. The van der Waals surface area contributed by atoms with E-state index in [0.29, 0.717) is 12.1 Å². The van der Waals surface area contributed by atoms with Gasteiger partial charge < -0.3 is 5.32 Å². The maximum atomic E-state index is 12.2. The third-order valence-electron chi connectivity index (χ3n) is 3.64. The number of nitrogens with one attached hydrogen (secondary N) is 1. The number of hydrogen-bond donors (Lipinski definition) is 1. The summed E-state index contributed by atoms with van der Waals surface area (Å²) in [5.74, 6) is -0.104. The minimum absolute atomic E-state index is 0. The lowest BCUT2D eigenvalue weighted by Crippen LogP contribution is -2.12. The molecule has 0 aliphatic rings. The fourth-order valence-electron chi connectivity index (χ4n) is 2.18. The Morgan fingerprint density at radius 1 is 1.15 bits per heavy atom. The SMILES string of the molecule is CC=CC.Cc1cccc(C(=O)Nc2ccc(Cn3cncn3)cc2)c1.[HH]. The van der Waals surface area contributed by atoms with E-state index < -0.39 is 0 Å². The number of benzene rings is 2. The van der Waals surface area contributed by atoms with Crippen molar-refractivity contribution in [1.29, 1.82) is 0 Å². The summed E-state index contributed by atoms with van der Waals surface area (Å²) < 4.78 is 1.75. The van der Waals surface area contributed by atoms with Gasteiger partial charge in [-0.15, -0.1) is 0 Å². The van der Waals surface area contributed by atoms with Crippen LogP contribution in [0.3, 0.4) is 0 Å². The van der Waals surface area contributed by atoms with Crippen molar-refractivity contribution in [2.24, 2.45) is 0 Å². The summed E-state index contributed by atoms with van der Waals surface area (Å²) >= 11 is 0. The van der Waals surface area contributed by atoms with E-state index in [1.165, 1.54) is 6.33 Å². The molecule has 26 heavy (non-hydrogen) atoms. The van der Waals surface area contributed by atoms with Crippen molar-refractivity contribution >= 4 is 11.6 Å². The summed E-state index contributed by atoms with van der Waals surface area (Å²) in [6.45, 7) is 6.63. The van der Waals surface area contributed by atoms with E-state index in [1.54, 1.807) is 17.1 Å². The molecule has 1 aromatic heterocycles. The van der Waals surface area contributed by atoms with E-state index in [1.807, 2.05) is 75.4 Å². The minimum atomic E-state index is -0.104. The molecule has 0 atom stereocenters. The number of hydrogen-bond acceptors (Lipinski definition) is 3. The molecule has 0 saturated heterocycles. The van der Waals surface area contributed by atoms with Crippen LogP contribution in [0.5, 0.6) is 0 Å². The molecule has 0 radical (unpaired) electrons. The predicted molar refractivity (Wildman–Crippen MR) is 107 cm³/mol. The van der Waals surface area contributed by atoms with Gasteiger partial charge in [0, 0.05) is 12.7 Å². The molecule has 5 heteroatoms. The van der Waals surface area contributed by atoms with Crippen LogP contribution in [0.15, 0.2) is 73.3 Å². The molecule has 0 saturated carbocycles. The van der Waals surface area contributed by atoms with Crippen molar-refractivity contribution in [3.63, 3.8) is 0 Å². The number of aromatic nitrogens is 3. The number of aryl methyl sites for hydroxylation is 1. The molecule has 0 unspecified atom stereocenters. The van der Waals surface area contributed by atoms with Gasteiger partial charge in [-0.3, -0.25) is 4.79 Å². The normalized spacial score (nSPS) is 10.3. The van der Waals surface area contributed by atoms with Gasteiger partial charge in [0.05, 0.1) is 6.54 Å². The van der Waals surface area contributed by atoms with E-state index in [-0.39, 0.29) is 7.33 Å². The van der Waals surface area contributed by atoms with Crippen LogP contribution < -0.4 is 5.32 Å². The molecular formula is C21H26N4O. The number of amides is 1. The summed E-state index contributed by atoms with van der Waals surface area (Å²) in [5.41, 5.74) is 3.59. The first-order valence-corrected chi connectivity index (χ1v) is 8.49. The summed E-state index contributed by atoms with van der Waals surface area (Å²) in [5, 5.41) is 6.96. The molecule has 0 fully saturated rings. The van der Waals surface area contributed by atoms with Gasteiger partial charge in [0.15, 0.2) is 0 Å². The molecule has 1 N–H and O–H groups in total. The average Bonchev–Trinajstić information content (AvgIpc) is 3.16. The van der Waals surface area contributed by atoms with Gasteiger partial charge in [0.1, 0.15) is 12.7 Å². The first-order valence-electron chi connectivity index (χ1n) is 8.49. The van der Waals surface area contributed by atoms with Crippen molar-refractivity contribution in [3.05, 3.63) is 90.0 Å². The Kier molecular flexibility index (Phi) is 7.31. The van der Waals surface area contributed by atoms with E-state index in [4.69, 9.17) is 0 Å². The number of rotatable bonds is 4. The van der Waals surface area contributed by atoms with Crippen LogP contribution in [0, 0.1) is 6.92 Å². The molecule has 0 bridgehead atoms. The summed E-state index contributed by atoms with van der Waals surface area (Å²) in [4.78, 5) is 16.1. The second-order valence-electron chi connectivity index (χ2n) is 5.78. The highest BCUT2D eigenvalue weighted by molar-refractivity contribution is 6.04. The number of anilines is 1. The molecule has 0 spiro atoms. The highest BCUT2D eigenvalue weighted by Gasteiger charge is 2.06. The Balaban J connectivity index is 0.000000666. The third-order valence-corrected chi connectivity index (χ3v) is 3.64. The molecular weight excluding hydrogens is 324 g/mol. The second-order valence-corrected chi connectivity index (χ2v) is 5.78. The molecule has 0 aliphatic carbocycles. The summed E-state index contributed by atoms with van der Waals surface area (Å²) in [7, 11) is 0. The number of allylic oxidation sites excluding steroid dienone is 2. The fraction of sp³-hybridized carbons (Fsp3) is 0.190. The first kappa shape index (κ1) is 19.1. The van der Waals surface area contributed by atoms with Crippen LogP contribution in [0.2, 0.25) is 0 Å². The average molecular weight is 350 g/mol. The number of carbonyl (C=O) groups is 1. The van der Waals surface area contributed by atoms with Gasteiger partial charge in [-0.2, -0.15) is 5.10 Å². The zero-order chi connectivity index (χ0) is 18.8. The van der Waals surface area contributed by atoms with E-state index in [0.717, 1.165) is 16.8 Å². The maximum Gasteiger partial charge on any atom is 0.255 e. The standard InChI is InChI=1S/C17H16N4O.C4H8.H2/c1-13-3-2-4-15(9-13)17(22)20-16-7-5-14(6-8-16)10-21-12-18-11-19-21;1-3-4-2;/h2-9,11-12H,10H2,1H3,(H,20,22);3-4H,1-2H3;1H. The van der Waals surface area contributed by atoms with Crippen LogP contribution in [0.1, 0.15) is 36.8 Å². The van der Waals surface area contributed by atoms with E-state index in [9.17, 15) is 4.79 Å². The molecule has 0 aliphatic heterocycles. The highest BCUT2D eigenvalue weighted by Crippen LogP contribution is 2.13. The first-order chi connectivity index (χ1) is 12.6. The Morgan fingerprint density at radius 2 is 1.88 bits per heavy atom. The van der Waals surface area contributed by atoms with Crippen LogP contribution in [0.25, 0.3) is 0 Å². The van der Waals surface area contributed by atoms with E-state index >= 15 is 0 Å². The van der Waals surface area contributed by atoms with Gasteiger partial charge in [0.2, 0.25) is 0 Å². The van der Waals surface area contributed by atoms with Gasteiger partial charge in [-0.05, 0) is 50.6 Å².